The molecule has 0 fully saturated rings. The average Bonchev–Trinajstić information content (AvgIpc) is 2.78. The highest BCUT2D eigenvalue weighted by Gasteiger charge is 2.20. The molecule has 1 aromatic heterocycles. The highest BCUT2D eigenvalue weighted by atomic mass is 35.5. The van der Waals surface area contributed by atoms with Gasteiger partial charge in [-0.3, -0.25) is 4.79 Å². The molecule has 24 heavy (non-hydrogen) atoms. The Morgan fingerprint density at radius 1 is 1.21 bits per heavy atom. The number of hydrogen-bond donors (Lipinski definition) is 1. The van der Waals surface area contributed by atoms with E-state index in [-0.39, 0.29) is 12.5 Å². The first-order valence-corrected chi connectivity index (χ1v) is 8.01. The molecule has 0 saturated carbocycles. The summed E-state index contributed by atoms with van der Waals surface area (Å²) in [5.74, 6) is 0.273. The third-order valence-corrected chi connectivity index (χ3v) is 3.96. The molecule has 0 radical (unpaired) electrons. The van der Waals surface area contributed by atoms with Crippen molar-refractivity contribution in [1.29, 1.82) is 0 Å². The van der Waals surface area contributed by atoms with Crippen LogP contribution in [0.4, 0.5) is 0 Å². The molecule has 0 atom stereocenters. The van der Waals surface area contributed by atoms with Crippen LogP contribution in [-0.2, 0) is 16.0 Å². The summed E-state index contributed by atoms with van der Waals surface area (Å²) in [6.07, 6.45) is 0.652. The van der Waals surface area contributed by atoms with E-state index in [0.717, 1.165) is 11.1 Å². The minimum atomic E-state index is -0.549. The van der Waals surface area contributed by atoms with E-state index in [4.69, 9.17) is 20.8 Å². The maximum atomic E-state index is 12.1. The second-order valence-electron chi connectivity index (χ2n) is 5.52. The highest BCUT2D eigenvalue weighted by molar-refractivity contribution is 6.30. The molecule has 1 heterocycles. The number of carbonyl (C=O) groups is 2. The Labute approximate surface area is 145 Å². The van der Waals surface area contributed by atoms with Crippen LogP contribution in [0.15, 0.2) is 28.7 Å². The lowest BCUT2D eigenvalue weighted by Crippen LogP contribution is -2.30. The van der Waals surface area contributed by atoms with Gasteiger partial charge in [-0.15, -0.1) is 0 Å². The normalized spacial score (nSPS) is 10.5. The van der Waals surface area contributed by atoms with Gasteiger partial charge in [-0.25, -0.2) is 4.79 Å². The van der Waals surface area contributed by atoms with Crippen molar-refractivity contribution in [2.24, 2.45) is 0 Å². The monoisotopic (exact) mass is 349 g/mol. The van der Waals surface area contributed by atoms with Gasteiger partial charge < -0.3 is 14.5 Å². The number of ether oxygens (including phenoxy) is 1. The molecule has 0 spiro atoms. The molecule has 1 aromatic carbocycles. The Hall–Kier alpha value is -2.27. The number of furan rings is 1. The lowest BCUT2D eigenvalue weighted by molar-refractivity contribution is -0.124. The number of nitrogens with one attached hydrogen (secondary N) is 1. The molecule has 128 valence electrons. The Balaban J connectivity index is 1.78. The Morgan fingerprint density at radius 3 is 2.58 bits per heavy atom. The zero-order valence-corrected chi connectivity index (χ0v) is 14.7. The van der Waals surface area contributed by atoms with Crippen LogP contribution in [-0.4, -0.2) is 25.0 Å². The number of amides is 1. The molecule has 2 aromatic rings. The van der Waals surface area contributed by atoms with Crippen molar-refractivity contribution >= 4 is 23.5 Å². The summed E-state index contributed by atoms with van der Waals surface area (Å²) >= 11 is 5.90. The third-order valence-electron chi connectivity index (χ3n) is 3.72. The molecule has 0 aliphatic carbocycles. The Kier molecular flexibility index (Phi) is 6.04. The zero-order valence-electron chi connectivity index (χ0n) is 13.9. The second kappa shape index (κ2) is 8.02. The van der Waals surface area contributed by atoms with E-state index in [1.54, 1.807) is 26.8 Å². The zero-order chi connectivity index (χ0) is 17.7. The van der Waals surface area contributed by atoms with Crippen molar-refractivity contribution in [2.75, 3.05) is 13.2 Å². The predicted octanol–water partition coefficient (Wildman–Crippen LogP) is 3.37. The van der Waals surface area contributed by atoms with E-state index in [1.807, 2.05) is 18.2 Å². The summed E-state index contributed by atoms with van der Waals surface area (Å²) in [5.41, 5.74) is 2.15. The SMILES string of the molecule is Cc1oc(C)c(C(=O)OCC(=O)NCCc2cccc(Cl)c2)c1C. The molecule has 0 aliphatic heterocycles. The van der Waals surface area contributed by atoms with Gasteiger partial charge in [0.25, 0.3) is 5.91 Å². The van der Waals surface area contributed by atoms with E-state index in [0.29, 0.717) is 35.1 Å². The number of carbonyl (C=O) groups excluding carboxylic acids is 2. The second-order valence-corrected chi connectivity index (χ2v) is 5.96. The summed E-state index contributed by atoms with van der Waals surface area (Å²) in [6.45, 7) is 5.38. The fourth-order valence-electron chi connectivity index (χ4n) is 2.39. The number of rotatable bonds is 6. The fourth-order valence-corrected chi connectivity index (χ4v) is 2.60. The first-order valence-electron chi connectivity index (χ1n) is 7.63. The number of halogens is 1. The van der Waals surface area contributed by atoms with Crippen LogP contribution in [0.2, 0.25) is 5.02 Å². The standard InChI is InChI=1S/C18H20ClNO4/c1-11-12(2)24-13(3)17(11)18(22)23-10-16(21)20-8-7-14-5-4-6-15(19)9-14/h4-6,9H,7-8,10H2,1-3H3,(H,20,21). The number of hydrogen-bond acceptors (Lipinski definition) is 4. The highest BCUT2D eigenvalue weighted by Crippen LogP contribution is 2.21. The summed E-state index contributed by atoms with van der Waals surface area (Å²) < 4.78 is 10.4. The summed E-state index contributed by atoms with van der Waals surface area (Å²) in [5, 5.41) is 3.37. The van der Waals surface area contributed by atoms with Crippen LogP contribution in [0.5, 0.6) is 0 Å². The molecular weight excluding hydrogens is 330 g/mol. The van der Waals surface area contributed by atoms with Crippen LogP contribution in [0, 0.1) is 20.8 Å². The minimum absolute atomic E-state index is 0.322. The fraction of sp³-hybridized carbons (Fsp3) is 0.333. The molecule has 0 unspecified atom stereocenters. The summed E-state index contributed by atoms with van der Waals surface area (Å²) in [7, 11) is 0. The first-order chi connectivity index (χ1) is 11.4. The van der Waals surface area contributed by atoms with Gasteiger partial charge >= 0.3 is 5.97 Å². The molecule has 1 amide bonds. The largest absolute Gasteiger partial charge is 0.465 e. The molecule has 6 heteroatoms. The topological polar surface area (TPSA) is 68.5 Å². The van der Waals surface area contributed by atoms with Crippen LogP contribution in [0.25, 0.3) is 0 Å². The number of aryl methyl sites for hydroxylation is 2. The number of benzene rings is 1. The van der Waals surface area contributed by atoms with Gasteiger partial charge in [0.1, 0.15) is 17.1 Å². The van der Waals surface area contributed by atoms with Gasteiger partial charge in [-0.05, 0) is 44.9 Å². The van der Waals surface area contributed by atoms with Crippen LogP contribution < -0.4 is 5.32 Å². The molecule has 1 N–H and O–H groups in total. The van der Waals surface area contributed by atoms with Gasteiger partial charge in [0.15, 0.2) is 6.61 Å². The van der Waals surface area contributed by atoms with E-state index in [1.165, 1.54) is 0 Å². The average molecular weight is 350 g/mol. The van der Waals surface area contributed by atoms with Crippen LogP contribution >= 0.6 is 11.6 Å². The molecule has 0 saturated heterocycles. The van der Waals surface area contributed by atoms with Crippen molar-refractivity contribution in [3.8, 4) is 0 Å². The van der Waals surface area contributed by atoms with Gasteiger partial charge in [0.2, 0.25) is 0 Å². The van der Waals surface area contributed by atoms with Gasteiger partial charge in [0, 0.05) is 17.1 Å². The van der Waals surface area contributed by atoms with Gasteiger partial charge in [-0.2, -0.15) is 0 Å². The Morgan fingerprint density at radius 2 is 1.96 bits per heavy atom. The van der Waals surface area contributed by atoms with Crippen LogP contribution in [0.3, 0.4) is 0 Å². The molecule has 0 bridgehead atoms. The molecule has 5 nitrogen and oxygen atoms in total. The smallest absolute Gasteiger partial charge is 0.342 e. The molecule has 0 aliphatic rings. The van der Waals surface area contributed by atoms with E-state index >= 15 is 0 Å². The number of esters is 1. The van der Waals surface area contributed by atoms with Gasteiger partial charge in [-0.1, -0.05) is 23.7 Å². The Bertz CT molecular complexity index is 751. The molecular formula is C18H20ClNO4. The minimum Gasteiger partial charge on any atom is -0.465 e. The summed E-state index contributed by atoms with van der Waals surface area (Å²) in [4.78, 5) is 23.8. The van der Waals surface area contributed by atoms with Gasteiger partial charge in [0.05, 0.1) is 0 Å². The third kappa shape index (κ3) is 4.61. The maximum Gasteiger partial charge on any atom is 0.342 e. The van der Waals surface area contributed by atoms with Crippen molar-refractivity contribution < 1.29 is 18.7 Å². The lowest BCUT2D eigenvalue weighted by Gasteiger charge is -2.07. The van der Waals surface area contributed by atoms with E-state index in [2.05, 4.69) is 5.32 Å². The maximum absolute atomic E-state index is 12.1. The van der Waals surface area contributed by atoms with E-state index < -0.39 is 5.97 Å². The molecule has 2 rings (SSSR count). The van der Waals surface area contributed by atoms with Crippen molar-refractivity contribution in [2.45, 2.75) is 27.2 Å². The lowest BCUT2D eigenvalue weighted by atomic mass is 10.1. The first kappa shape index (κ1) is 18.1. The van der Waals surface area contributed by atoms with Crippen molar-refractivity contribution in [3.05, 3.63) is 57.5 Å². The van der Waals surface area contributed by atoms with Crippen LogP contribution in [0.1, 0.15) is 33.0 Å². The predicted molar refractivity (Wildman–Crippen MR) is 91.4 cm³/mol. The quantitative estimate of drug-likeness (QED) is 0.812. The van der Waals surface area contributed by atoms with Crippen molar-refractivity contribution in [3.63, 3.8) is 0 Å². The summed E-state index contributed by atoms with van der Waals surface area (Å²) in [6, 6.07) is 7.44. The van der Waals surface area contributed by atoms with Crippen molar-refractivity contribution in [1.82, 2.24) is 5.32 Å². The van der Waals surface area contributed by atoms with E-state index in [9.17, 15) is 9.59 Å².